The third kappa shape index (κ3) is 4.37. The summed E-state index contributed by atoms with van der Waals surface area (Å²) in [4.78, 5) is 11.7. The Hall–Kier alpha value is -2.39. The molecule has 3 nitrogen and oxygen atoms in total. The molecule has 1 amide bonds. The summed E-state index contributed by atoms with van der Waals surface area (Å²) >= 11 is 0. The van der Waals surface area contributed by atoms with Crippen molar-refractivity contribution in [2.24, 2.45) is 0 Å². The number of carbonyl (C=O) groups is 1. The highest BCUT2D eigenvalue weighted by Crippen LogP contribution is 2.10. The minimum atomic E-state index is -0.176. The molecule has 1 N–H and O–H groups in total. The summed E-state index contributed by atoms with van der Waals surface area (Å²) in [6.07, 6.45) is 3.78. The van der Waals surface area contributed by atoms with Crippen LogP contribution in [0.1, 0.15) is 11.1 Å². The van der Waals surface area contributed by atoms with E-state index in [4.69, 9.17) is 0 Å². The molecular formula is C17H16NO2. The molecule has 2 aromatic rings. The van der Waals surface area contributed by atoms with Gasteiger partial charge in [-0.1, -0.05) is 42.5 Å². The van der Waals surface area contributed by atoms with Crippen LogP contribution in [0.2, 0.25) is 0 Å². The van der Waals surface area contributed by atoms with E-state index in [9.17, 15) is 9.90 Å². The van der Waals surface area contributed by atoms with Crippen molar-refractivity contribution in [3.8, 4) is 0 Å². The number of nitrogens with one attached hydrogen (secondary N) is 1. The number of amides is 1. The molecule has 0 aromatic heterocycles. The zero-order valence-electron chi connectivity index (χ0n) is 11.1. The zero-order chi connectivity index (χ0) is 14.2. The first-order valence-corrected chi connectivity index (χ1v) is 6.49. The number of hydrogen-bond acceptors (Lipinski definition) is 1. The lowest BCUT2D eigenvalue weighted by molar-refractivity contribution is -0.111. The smallest absolute Gasteiger partial charge is 0.248 e. The Morgan fingerprint density at radius 1 is 1.00 bits per heavy atom. The van der Waals surface area contributed by atoms with Crippen molar-refractivity contribution in [3.05, 3.63) is 71.8 Å². The van der Waals surface area contributed by atoms with Gasteiger partial charge in [0.15, 0.2) is 0 Å². The van der Waals surface area contributed by atoms with Crippen molar-refractivity contribution >= 4 is 17.7 Å². The second-order valence-corrected chi connectivity index (χ2v) is 4.38. The molecule has 20 heavy (non-hydrogen) atoms. The van der Waals surface area contributed by atoms with Gasteiger partial charge in [0.05, 0.1) is 6.61 Å². The average Bonchev–Trinajstić information content (AvgIpc) is 2.49. The lowest BCUT2D eigenvalue weighted by Crippen LogP contribution is -2.07. The van der Waals surface area contributed by atoms with Crippen LogP contribution in [-0.4, -0.2) is 12.5 Å². The van der Waals surface area contributed by atoms with E-state index in [2.05, 4.69) is 5.32 Å². The molecule has 0 heterocycles. The van der Waals surface area contributed by atoms with Gasteiger partial charge in [-0.2, -0.15) is 0 Å². The molecule has 3 heteroatoms. The molecule has 0 fully saturated rings. The van der Waals surface area contributed by atoms with Crippen molar-refractivity contribution in [2.45, 2.75) is 6.42 Å². The fraction of sp³-hybridized carbons (Fsp3) is 0.118. The van der Waals surface area contributed by atoms with E-state index < -0.39 is 0 Å². The standard InChI is InChI=1S/C17H16NO2/c19-13-12-15-6-9-16(10-7-15)18-17(20)11-8-14-4-2-1-3-5-14/h1-11H,12-13H2,(H,18,20). The second kappa shape index (κ2) is 7.26. The Kier molecular flexibility index (Phi) is 5.09. The van der Waals surface area contributed by atoms with Crippen LogP contribution in [0, 0.1) is 0 Å². The molecule has 0 unspecified atom stereocenters. The Labute approximate surface area is 118 Å². The minimum Gasteiger partial charge on any atom is -0.323 e. The molecule has 0 spiro atoms. The Morgan fingerprint density at radius 3 is 2.35 bits per heavy atom. The number of rotatable bonds is 5. The van der Waals surface area contributed by atoms with Crippen LogP contribution in [0.15, 0.2) is 60.7 Å². The van der Waals surface area contributed by atoms with Gasteiger partial charge in [-0.3, -0.25) is 4.79 Å². The van der Waals surface area contributed by atoms with E-state index in [0.717, 1.165) is 16.8 Å². The van der Waals surface area contributed by atoms with Gasteiger partial charge in [0.1, 0.15) is 0 Å². The van der Waals surface area contributed by atoms with E-state index in [1.54, 1.807) is 18.2 Å². The first-order chi connectivity index (χ1) is 9.78. The molecule has 0 atom stereocenters. The maximum Gasteiger partial charge on any atom is 0.248 e. The van der Waals surface area contributed by atoms with Crippen molar-refractivity contribution < 1.29 is 9.90 Å². The topological polar surface area (TPSA) is 49.0 Å². The SMILES string of the molecule is [O]CCc1ccc(NC(=O)C=Cc2ccccc2)cc1. The summed E-state index contributed by atoms with van der Waals surface area (Å²) in [5, 5.41) is 13.3. The number of anilines is 1. The van der Waals surface area contributed by atoms with Gasteiger partial charge < -0.3 is 5.32 Å². The Balaban J connectivity index is 1.92. The Bertz CT molecular complexity index is 574. The van der Waals surface area contributed by atoms with Gasteiger partial charge in [-0.15, -0.1) is 0 Å². The summed E-state index contributed by atoms with van der Waals surface area (Å²) in [5.41, 5.74) is 2.69. The summed E-state index contributed by atoms with van der Waals surface area (Å²) < 4.78 is 0. The van der Waals surface area contributed by atoms with Crippen LogP contribution in [0.5, 0.6) is 0 Å². The van der Waals surface area contributed by atoms with E-state index in [1.807, 2.05) is 42.5 Å². The molecule has 2 aromatic carbocycles. The van der Waals surface area contributed by atoms with Gasteiger partial charge in [0.2, 0.25) is 5.91 Å². The molecule has 1 radical (unpaired) electrons. The highest BCUT2D eigenvalue weighted by molar-refractivity contribution is 6.01. The molecule has 0 aliphatic carbocycles. The van der Waals surface area contributed by atoms with Crippen molar-refractivity contribution in [1.82, 2.24) is 0 Å². The van der Waals surface area contributed by atoms with Crippen LogP contribution in [0.3, 0.4) is 0 Å². The monoisotopic (exact) mass is 266 g/mol. The number of benzene rings is 2. The molecule has 0 saturated heterocycles. The second-order valence-electron chi connectivity index (χ2n) is 4.38. The maximum absolute atomic E-state index is 11.7. The lowest BCUT2D eigenvalue weighted by Gasteiger charge is -2.03. The minimum absolute atomic E-state index is 0.120. The van der Waals surface area contributed by atoms with Gasteiger partial charge in [0.25, 0.3) is 0 Å². The predicted molar refractivity (Wildman–Crippen MR) is 79.8 cm³/mol. The summed E-state index contributed by atoms with van der Waals surface area (Å²) in [7, 11) is 0. The lowest BCUT2D eigenvalue weighted by atomic mass is 10.1. The summed E-state index contributed by atoms with van der Waals surface area (Å²) in [5.74, 6) is -0.176. The van der Waals surface area contributed by atoms with Gasteiger partial charge in [-0.05, 0) is 35.8 Å². The quantitative estimate of drug-likeness (QED) is 0.829. The molecule has 0 saturated carbocycles. The molecule has 0 aliphatic rings. The van der Waals surface area contributed by atoms with E-state index >= 15 is 0 Å². The van der Waals surface area contributed by atoms with Gasteiger partial charge in [-0.25, -0.2) is 5.11 Å². The predicted octanol–water partition coefficient (Wildman–Crippen LogP) is 3.31. The van der Waals surface area contributed by atoms with Crippen molar-refractivity contribution in [1.29, 1.82) is 0 Å². The van der Waals surface area contributed by atoms with Crippen molar-refractivity contribution in [3.63, 3.8) is 0 Å². The largest absolute Gasteiger partial charge is 0.323 e. The molecular weight excluding hydrogens is 250 g/mol. The van der Waals surface area contributed by atoms with Crippen LogP contribution < -0.4 is 5.32 Å². The first-order valence-electron chi connectivity index (χ1n) is 6.49. The van der Waals surface area contributed by atoms with E-state index in [-0.39, 0.29) is 12.5 Å². The third-order valence-electron chi connectivity index (χ3n) is 2.84. The van der Waals surface area contributed by atoms with E-state index in [0.29, 0.717) is 6.42 Å². The van der Waals surface area contributed by atoms with Crippen LogP contribution in [0.4, 0.5) is 5.69 Å². The molecule has 0 bridgehead atoms. The highest BCUT2D eigenvalue weighted by atomic mass is 16.2. The maximum atomic E-state index is 11.7. The average molecular weight is 266 g/mol. The fourth-order valence-electron chi connectivity index (χ4n) is 1.79. The molecule has 101 valence electrons. The van der Waals surface area contributed by atoms with Gasteiger partial charge >= 0.3 is 0 Å². The highest BCUT2D eigenvalue weighted by Gasteiger charge is 1.98. The zero-order valence-corrected chi connectivity index (χ0v) is 11.1. The van der Waals surface area contributed by atoms with Crippen LogP contribution >= 0.6 is 0 Å². The fourth-order valence-corrected chi connectivity index (χ4v) is 1.79. The molecule has 0 aliphatic heterocycles. The number of hydrogen-bond donors (Lipinski definition) is 1. The third-order valence-corrected chi connectivity index (χ3v) is 2.84. The summed E-state index contributed by atoms with van der Waals surface area (Å²) in [6, 6.07) is 17.0. The molecule has 2 rings (SSSR count). The first kappa shape index (κ1) is 14.0. The van der Waals surface area contributed by atoms with Crippen LogP contribution in [-0.2, 0) is 16.3 Å². The number of carbonyl (C=O) groups excluding carboxylic acids is 1. The van der Waals surface area contributed by atoms with E-state index in [1.165, 1.54) is 6.08 Å². The van der Waals surface area contributed by atoms with Gasteiger partial charge in [0, 0.05) is 11.8 Å². The van der Waals surface area contributed by atoms with Crippen molar-refractivity contribution in [2.75, 3.05) is 11.9 Å². The summed E-state index contributed by atoms with van der Waals surface area (Å²) in [6.45, 7) is -0.120. The van der Waals surface area contributed by atoms with Crippen LogP contribution in [0.25, 0.3) is 6.08 Å². The normalized spacial score (nSPS) is 10.7. The Morgan fingerprint density at radius 2 is 1.70 bits per heavy atom.